The third-order valence-electron chi connectivity index (χ3n) is 1.62. The van der Waals surface area contributed by atoms with Crippen molar-refractivity contribution < 1.29 is 13.9 Å². The molecule has 0 aliphatic rings. The zero-order chi connectivity index (χ0) is 9.68. The monoisotopic (exact) mass is 182 g/mol. The molecule has 0 amide bonds. The summed E-state index contributed by atoms with van der Waals surface area (Å²) in [6, 6.07) is 6.85. The molecule has 0 aromatic heterocycles. The molecule has 1 aromatic carbocycles. The Kier molecular flexibility index (Phi) is 3.43. The summed E-state index contributed by atoms with van der Waals surface area (Å²) in [7, 11) is 0. The first-order chi connectivity index (χ1) is 6.22. The molecule has 3 heteroatoms. The van der Waals surface area contributed by atoms with Crippen molar-refractivity contribution in [3.05, 3.63) is 35.4 Å². The Bertz CT molecular complexity index is 279. The molecule has 0 heterocycles. The van der Waals surface area contributed by atoms with E-state index in [1.807, 2.05) is 0 Å². The number of halogens is 1. The molecule has 13 heavy (non-hydrogen) atoms. The highest BCUT2D eigenvalue weighted by Gasteiger charge is 1.96. The van der Waals surface area contributed by atoms with Crippen molar-refractivity contribution in [1.82, 2.24) is 0 Å². The van der Waals surface area contributed by atoms with Crippen LogP contribution in [0.4, 0.5) is 4.39 Å². The summed E-state index contributed by atoms with van der Waals surface area (Å²) in [5.74, 6) is -0.311. The van der Waals surface area contributed by atoms with Crippen molar-refractivity contribution >= 4 is 5.97 Å². The number of hydrogen-bond acceptors (Lipinski definition) is 2. The van der Waals surface area contributed by atoms with E-state index in [4.69, 9.17) is 4.74 Å². The minimum absolute atomic E-state index is 0.252. The minimum atomic E-state index is -0.464. The predicted octanol–water partition coefficient (Wildman–Crippen LogP) is 2.22. The molecule has 1 rings (SSSR count). The fourth-order valence-electron chi connectivity index (χ4n) is 0.910. The number of ether oxygens (including phenoxy) is 1. The van der Waals surface area contributed by atoms with Crippen LogP contribution in [-0.2, 0) is 22.8 Å². The first-order valence-corrected chi connectivity index (χ1v) is 3.99. The second-order valence-corrected chi connectivity index (χ2v) is 2.73. The van der Waals surface area contributed by atoms with Gasteiger partial charge in [-0.25, -0.2) is 4.39 Å². The summed E-state index contributed by atoms with van der Waals surface area (Å²) < 4.78 is 16.9. The van der Waals surface area contributed by atoms with E-state index in [9.17, 15) is 9.18 Å². The molecule has 0 spiro atoms. The Morgan fingerprint density at radius 2 is 1.85 bits per heavy atom. The SMILES string of the molecule is CC(=O)OCc1ccc(CF)cc1. The first kappa shape index (κ1) is 9.71. The van der Waals surface area contributed by atoms with E-state index in [0.29, 0.717) is 5.56 Å². The van der Waals surface area contributed by atoms with Crippen molar-refractivity contribution in [2.45, 2.75) is 20.2 Å². The van der Waals surface area contributed by atoms with Gasteiger partial charge >= 0.3 is 5.97 Å². The average molecular weight is 182 g/mol. The van der Waals surface area contributed by atoms with Gasteiger partial charge in [-0.2, -0.15) is 0 Å². The number of esters is 1. The Morgan fingerprint density at radius 3 is 2.31 bits per heavy atom. The largest absolute Gasteiger partial charge is 0.461 e. The summed E-state index contributed by atoms with van der Waals surface area (Å²) >= 11 is 0. The van der Waals surface area contributed by atoms with Crippen LogP contribution in [0.2, 0.25) is 0 Å². The van der Waals surface area contributed by atoms with Crippen molar-refractivity contribution in [2.24, 2.45) is 0 Å². The van der Waals surface area contributed by atoms with Crippen molar-refractivity contribution in [1.29, 1.82) is 0 Å². The molecule has 0 atom stereocenters. The van der Waals surface area contributed by atoms with E-state index in [0.717, 1.165) is 5.56 Å². The van der Waals surface area contributed by atoms with E-state index in [2.05, 4.69) is 0 Å². The number of alkyl halides is 1. The summed E-state index contributed by atoms with van der Waals surface area (Å²) in [6.45, 7) is 1.14. The summed E-state index contributed by atoms with van der Waals surface area (Å²) in [5.41, 5.74) is 1.50. The molecule has 0 fully saturated rings. The lowest BCUT2D eigenvalue weighted by Crippen LogP contribution is -1.98. The van der Waals surface area contributed by atoms with E-state index in [1.54, 1.807) is 24.3 Å². The fraction of sp³-hybridized carbons (Fsp3) is 0.300. The second kappa shape index (κ2) is 4.60. The van der Waals surface area contributed by atoms with Gasteiger partial charge in [-0.1, -0.05) is 24.3 Å². The molecule has 0 N–H and O–H groups in total. The van der Waals surface area contributed by atoms with Crippen LogP contribution in [0.5, 0.6) is 0 Å². The van der Waals surface area contributed by atoms with Crippen molar-refractivity contribution in [3.63, 3.8) is 0 Å². The van der Waals surface area contributed by atoms with E-state index in [1.165, 1.54) is 6.92 Å². The van der Waals surface area contributed by atoms with Crippen LogP contribution in [0.15, 0.2) is 24.3 Å². The molecule has 0 radical (unpaired) electrons. The van der Waals surface area contributed by atoms with Crippen LogP contribution in [0.3, 0.4) is 0 Å². The van der Waals surface area contributed by atoms with Crippen LogP contribution in [-0.4, -0.2) is 5.97 Å². The van der Waals surface area contributed by atoms with Gasteiger partial charge in [0.05, 0.1) is 0 Å². The quantitative estimate of drug-likeness (QED) is 0.670. The van der Waals surface area contributed by atoms with E-state index >= 15 is 0 Å². The lowest BCUT2D eigenvalue weighted by atomic mass is 10.2. The van der Waals surface area contributed by atoms with Gasteiger partial charge in [-0.15, -0.1) is 0 Å². The number of rotatable bonds is 3. The Morgan fingerprint density at radius 1 is 1.31 bits per heavy atom. The van der Waals surface area contributed by atoms with Crippen LogP contribution in [0.25, 0.3) is 0 Å². The predicted molar refractivity (Wildman–Crippen MR) is 46.7 cm³/mol. The molecule has 0 saturated heterocycles. The zero-order valence-corrected chi connectivity index (χ0v) is 7.42. The topological polar surface area (TPSA) is 26.3 Å². The van der Waals surface area contributed by atoms with Crippen LogP contribution >= 0.6 is 0 Å². The maximum absolute atomic E-state index is 12.1. The molecule has 1 aromatic rings. The highest BCUT2D eigenvalue weighted by molar-refractivity contribution is 5.65. The minimum Gasteiger partial charge on any atom is -0.461 e. The third kappa shape index (κ3) is 3.23. The second-order valence-electron chi connectivity index (χ2n) is 2.73. The fourth-order valence-corrected chi connectivity index (χ4v) is 0.910. The lowest BCUT2D eigenvalue weighted by Gasteiger charge is -2.02. The number of hydrogen-bond donors (Lipinski definition) is 0. The Balaban J connectivity index is 2.54. The number of carbonyl (C=O) groups is 1. The molecular formula is C10H11FO2. The summed E-state index contributed by atoms with van der Waals surface area (Å²) in [5, 5.41) is 0. The molecule has 70 valence electrons. The zero-order valence-electron chi connectivity index (χ0n) is 7.42. The number of carbonyl (C=O) groups excluding carboxylic acids is 1. The maximum atomic E-state index is 12.1. The van der Waals surface area contributed by atoms with Gasteiger partial charge in [-0.05, 0) is 11.1 Å². The molecule has 2 nitrogen and oxygen atoms in total. The third-order valence-corrected chi connectivity index (χ3v) is 1.62. The smallest absolute Gasteiger partial charge is 0.302 e. The molecule has 0 aliphatic heterocycles. The lowest BCUT2D eigenvalue weighted by molar-refractivity contribution is -0.142. The summed E-state index contributed by atoms with van der Waals surface area (Å²) in [4.78, 5) is 10.5. The van der Waals surface area contributed by atoms with Crippen LogP contribution in [0.1, 0.15) is 18.1 Å². The highest BCUT2D eigenvalue weighted by Crippen LogP contribution is 2.06. The molecule has 0 unspecified atom stereocenters. The van der Waals surface area contributed by atoms with Gasteiger partial charge in [0.15, 0.2) is 0 Å². The molecular weight excluding hydrogens is 171 g/mol. The van der Waals surface area contributed by atoms with E-state index in [-0.39, 0.29) is 12.6 Å². The van der Waals surface area contributed by atoms with Gasteiger partial charge in [0, 0.05) is 6.92 Å². The number of benzene rings is 1. The van der Waals surface area contributed by atoms with Crippen LogP contribution < -0.4 is 0 Å². The van der Waals surface area contributed by atoms with E-state index < -0.39 is 6.67 Å². The van der Waals surface area contributed by atoms with Gasteiger partial charge in [0.1, 0.15) is 13.3 Å². The summed E-state index contributed by atoms with van der Waals surface area (Å²) in [6.07, 6.45) is 0. The van der Waals surface area contributed by atoms with Crippen molar-refractivity contribution in [3.8, 4) is 0 Å². The van der Waals surface area contributed by atoms with Gasteiger partial charge in [0.2, 0.25) is 0 Å². The first-order valence-electron chi connectivity index (χ1n) is 3.99. The maximum Gasteiger partial charge on any atom is 0.302 e. The average Bonchev–Trinajstić information content (AvgIpc) is 2.15. The standard InChI is InChI=1S/C10H11FO2/c1-8(12)13-7-10-4-2-9(6-11)3-5-10/h2-5H,6-7H2,1H3. The normalized spacial score (nSPS) is 9.69. The van der Waals surface area contributed by atoms with Gasteiger partial charge in [0.25, 0.3) is 0 Å². The highest BCUT2D eigenvalue weighted by atomic mass is 19.1. The molecule has 0 bridgehead atoms. The Labute approximate surface area is 76.3 Å². The molecule has 0 aliphatic carbocycles. The van der Waals surface area contributed by atoms with Crippen LogP contribution in [0, 0.1) is 0 Å². The van der Waals surface area contributed by atoms with Crippen molar-refractivity contribution in [2.75, 3.05) is 0 Å². The molecule has 0 saturated carbocycles. The van der Waals surface area contributed by atoms with Gasteiger partial charge < -0.3 is 4.74 Å². The Hall–Kier alpha value is -1.38. The van der Waals surface area contributed by atoms with Gasteiger partial charge in [-0.3, -0.25) is 4.79 Å².